The molecular formula is C11H20FNO2. The molecule has 0 aromatic rings. The fraction of sp³-hybridized carbons (Fsp3) is 0.909. The van der Waals surface area contributed by atoms with E-state index in [-0.39, 0.29) is 0 Å². The van der Waals surface area contributed by atoms with E-state index < -0.39 is 17.9 Å². The molecular weight excluding hydrogens is 197 g/mol. The fourth-order valence-corrected chi connectivity index (χ4v) is 1.64. The number of nitrogens with zero attached hydrogens (tertiary/aromatic N) is 1. The summed E-state index contributed by atoms with van der Waals surface area (Å²) < 4.78 is 18.7. The van der Waals surface area contributed by atoms with E-state index in [1.807, 2.05) is 0 Å². The number of esters is 1. The first-order valence-electron chi connectivity index (χ1n) is 5.51. The Bertz CT molecular complexity index is 219. The van der Waals surface area contributed by atoms with Crippen LogP contribution in [-0.2, 0) is 9.53 Å². The van der Waals surface area contributed by atoms with E-state index in [1.54, 1.807) is 25.7 Å². The van der Waals surface area contributed by atoms with Crippen LogP contribution in [0.2, 0.25) is 0 Å². The number of alkyl halides is 1. The number of ether oxygens (including phenoxy) is 1. The van der Waals surface area contributed by atoms with Gasteiger partial charge in [-0.15, -0.1) is 0 Å². The molecule has 3 nitrogen and oxygen atoms in total. The minimum atomic E-state index is -1.59. The maximum atomic E-state index is 13.7. The molecule has 0 amide bonds. The topological polar surface area (TPSA) is 29.5 Å². The zero-order valence-electron chi connectivity index (χ0n) is 9.75. The van der Waals surface area contributed by atoms with E-state index in [1.165, 1.54) is 0 Å². The minimum absolute atomic E-state index is 0.614. The van der Waals surface area contributed by atoms with E-state index in [9.17, 15) is 9.18 Å². The van der Waals surface area contributed by atoms with Crippen LogP contribution in [0.4, 0.5) is 4.39 Å². The number of carbonyl (C=O) groups excluding carboxylic acids is 1. The molecule has 0 aromatic carbocycles. The van der Waals surface area contributed by atoms with Crippen LogP contribution in [0.25, 0.3) is 0 Å². The number of rotatable bonds is 2. The summed E-state index contributed by atoms with van der Waals surface area (Å²) in [7, 11) is 0. The van der Waals surface area contributed by atoms with E-state index in [0.29, 0.717) is 13.1 Å². The lowest BCUT2D eigenvalue weighted by molar-refractivity contribution is -0.169. The normalized spacial score (nSPS) is 21.1. The smallest absolute Gasteiger partial charge is 0.356 e. The van der Waals surface area contributed by atoms with Crippen molar-refractivity contribution in [2.24, 2.45) is 0 Å². The molecule has 0 aromatic heterocycles. The van der Waals surface area contributed by atoms with Crippen molar-refractivity contribution < 1.29 is 13.9 Å². The van der Waals surface area contributed by atoms with Gasteiger partial charge >= 0.3 is 5.97 Å². The molecule has 1 unspecified atom stereocenters. The summed E-state index contributed by atoms with van der Waals surface area (Å²) >= 11 is 0. The third-order valence-electron chi connectivity index (χ3n) is 2.31. The van der Waals surface area contributed by atoms with E-state index in [4.69, 9.17) is 4.74 Å². The van der Waals surface area contributed by atoms with Gasteiger partial charge in [0, 0.05) is 13.1 Å². The summed E-state index contributed by atoms with van der Waals surface area (Å²) in [5.41, 5.74) is -0.614. The van der Waals surface area contributed by atoms with Gasteiger partial charge in [0.05, 0.1) is 0 Å². The Labute approximate surface area is 90.6 Å². The molecule has 0 radical (unpaired) electrons. The van der Waals surface area contributed by atoms with Crippen molar-refractivity contribution in [2.75, 3.05) is 13.1 Å². The van der Waals surface area contributed by atoms with Gasteiger partial charge in [0.15, 0.2) is 0 Å². The van der Waals surface area contributed by atoms with Crippen LogP contribution >= 0.6 is 0 Å². The highest BCUT2D eigenvalue weighted by molar-refractivity contribution is 5.74. The predicted octanol–water partition coefficient (Wildman–Crippen LogP) is 2.11. The third-order valence-corrected chi connectivity index (χ3v) is 2.31. The molecule has 0 N–H and O–H groups in total. The lowest BCUT2D eigenvalue weighted by atomic mass is 10.1. The summed E-state index contributed by atoms with van der Waals surface area (Å²) in [6.07, 6.45) is 1.45. The van der Waals surface area contributed by atoms with Gasteiger partial charge in [0.25, 0.3) is 6.30 Å². The Morgan fingerprint density at radius 1 is 1.27 bits per heavy atom. The average Bonchev–Trinajstić information content (AvgIpc) is 2.15. The molecule has 1 rings (SSSR count). The number of likely N-dealkylation sites (tertiary alicyclic amines) is 1. The van der Waals surface area contributed by atoms with Gasteiger partial charge in [-0.1, -0.05) is 6.42 Å². The maximum absolute atomic E-state index is 13.7. The minimum Gasteiger partial charge on any atom is -0.457 e. The van der Waals surface area contributed by atoms with Crippen LogP contribution in [0.5, 0.6) is 0 Å². The van der Waals surface area contributed by atoms with Gasteiger partial charge in [-0.05, 0) is 33.6 Å². The largest absolute Gasteiger partial charge is 0.457 e. The van der Waals surface area contributed by atoms with Gasteiger partial charge in [-0.25, -0.2) is 9.18 Å². The average molecular weight is 217 g/mol. The molecule has 15 heavy (non-hydrogen) atoms. The molecule has 1 saturated heterocycles. The van der Waals surface area contributed by atoms with Gasteiger partial charge in [-0.3, -0.25) is 4.90 Å². The summed E-state index contributed by atoms with van der Waals surface area (Å²) in [5.74, 6) is -0.760. The van der Waals surface area contributed by atoms with E-state index in [0.717, 1.165) is 19.3 Å². The number of hydrogen-bond acceptors (Lipinski definition) is 3. The van der Waals surface area contributed by atoms with Crippen molar-refractivity contribution in [2.45, 2.75) is 51.9 Å². The highest BCUT2D eigenvalue weighted by Crippen LogP contribution is 2.16. The van der Waals surface area contributed by atoms with Crippen LogP contribution in [0.1, 0.15) is 40.0 Å². The molecule has 0 bridgehead atoms. The summed E-state index contributed by atoms with van der Waals surface area (Å²) in [4.78, 5) is 13.0. The first-order chi connectivity index (χ1) is 6.90. The second-order valence-corrected chi connectivity index (χ2v) is 4.97. The SMILES string of the molecule is CC(C)(C)OC(=O)C(F)N1CCCCC1. The van der Waals surface area contributed by atoms with Crippen molar-refractivity contribution in [3.63, 3.8) is 0 Å². The molecule has 4 heteroatoms. The van der Waals surface area contributed by atoms with Crippen molar-refractivity contribution in [1.82, 2.24) is 4.90 Å². The van der Waals surface area contributed by atoms with Crippen LogP contribution in [0.15, 0.2) is 0 Å². The van der Waals surface area contributed by atoms with E-state index >= 15 is 0 Å². The Morgan fingerprint density at radius 2 is 1.80 bits per heavy atom. The standard InChI is InChI=1S/C11H20FNO2/c1-11(2,3)15-10(14)9(12)13-7-5-4-6-8-13/h9H,4-8H2,1-3H3. The van der Waals surface area contributed by atoms with Crippen LogP contribution in [0.3, 0.4) is 0 Å². The zero-order chi connectivity index (χ0) is 11.5. The van der Waals surface area contributed by atoms with Crippen molar-refractivity contribution >= 4 is 5.97 Å². The number of hydrogen-bond donors (Lipinski definition) is 0. The summed E-state index contributed by atoms with van der Waals surface area (Å²) in [6, 6.07) is 0. The van der Waals surface area contributed by atoms with Crippen LogP contribution in [0, 0.1) is 0 Å². The van der Waals surface area contributed by atoms with Gasteiger partial charge < -0.3 is 4.74 Å². The second-order valence-electron chi connectivity index (χ2n) is 4.97. The molecule has 1 heterocycles. The molecule has 1 aliphatic heterocycles. The van der Waals surface area contributed by atoms with Crippen LogP contribution in [-0.4, -0.2) is 35.9 Å². The summed E-state index contributed by atoms with van der Waals surface area (Å²) in [6.45, 7) is 6.54. The molecule has 1 aliphatic rings. The Balaban J connectivity index is 2.44. The van der Waals surface area contributed by atoms with Gasteiger partial charge in [-0.2, -0.15) is 0 Å². The lowest BCUT2D eigenvalue weighted by Crippen LogP contribution is -2.44. The Morgan fingerprint density at radius 3 is 2.27 bits per heavy atom. The Kier molecular flexibility index (Phi) is 4.08. The summed E-state index contributed by atoms with van der Waals surface area (Å²) in [5, 5.41) is 0. The van der Waals surface area contributed by atoms with E-state index in [2.05, 4.69) is 0 Å². The number of halogens is 1. The van der Waals surface area contributed by atoms with Gasteiger partial charge in [0.1, 0.15) is 5.60 Å². The highest BCUT2D eigenvalue weighted by Gasteiger charge is 2.30. The molecule has 1 atom stereocenters. The quantitative estimate of drug-likeness (QED) is 0.524. The monoisotopic (exact) mass is 217 g/mol. The van der Waals surface area contributed by atoms with Gasteiger partial charge in [0.2, 0.25) is 0 Å². The first kappa shape index (κ1) is 12.4. The van der Waals surface area contributed by atoms with Crippen molar-refractivity contribution in [1.29, 1.82) is 0 Å². The highest BCUT2D eigenvalue weighted by atomic mass is 19.1. The first-order valence-corrected chi connectivity index (χ1v) is 5.51. The molecule has 0 spiro atoms. The molecule has 1 fully saturated rings. The third kappa shape index (κ3) is 4.16. The van der Waals surface area contributed by atoms with Crippen molar-refractivity contribution in [3.05, 3.63) is 0 Å². The number of carbonyl (C=O) groups is 1. The molecule has 0 saturated carbocycles. The fourth-order valence-electron chi connectivity index (χ4n) is 1.64. The lowest BCUT2D eigenvalue weighted by Gasteiger charge is -2.30. The molecule has 0 aliphatic carbocycles. The predicted molar refractivity (Wildman–Crippen MR) is 56.2 cm³/mol. The zero-order valence-corrected chi connectivity index (χ0v) is 9.75. The van der Waals surface area contributed by atoms with Crippen molar-refractivity contribution in [3.8, 4) is 0 Å². The van der Waals surface area contributed by atoms with Crippen LogP contribution < -0.4 is 0 Å². The maximum Gasteiger partial charge on any atom is 0.356 e. The second kappa shape index (κ2) is 4.92. The Hall–Kier alpha value is -0.640. The number of piperidine rings is 1. The molecule has 88 valence electrons.